The minimum atomic E-state index is -1.26. The summed E-state index contributed by atoms with van der Waals surface area (Å²) in [6, 6.07) is 5.30. The van der Waals surface area contributed by atoms with Crippen LogP contribution in [-0.4, -0.2) is 50.6 Å². The molecule has 8 heteroatoms. The molecule has 0 saturated heterocycles. The zero-order valence-electron chi connectivity index (χ0n) is 10.8. The topological polar surface area (TPSA) is 99.8 Å². The standard InChI is InChI=1S/C13H12N2O5S/c16-10(17)7-15(8-11(18)19)13(20)12-9(3-6-21-12)14-4-1-2-5-14/h1-6H,7-8H2,(H,16,17)(H,18,19). The lowest BCUT2D eigenvalue weighted by atomic mass is 10.3. The Morgan fingerprint density at radius 3 is 2.19 bits per heavy atom. The van der Waals surface area contributed by atoms with Crippen molar-refractivity contribution in [3.8, 4) is 5.69 Å². The van der Waals surface area contributed by atoms with Crippen LogP contribution >= 0.6 is 11.3 Å². The largest absolute Gasteiger partial charge is 0.480 e. The van der Waals surface area contributed by atoms with Crippen LogP contribution in [0, 0.1) is 0 Å². The van der Waals surface area contributed by atoms with Gasteiger partial charge >= 0.3 is 11.9 Å². The highest BCUT2D eigenvalue weighted by Gasteiger charge is 2.24. The van der Waals surface area contributed by atoms with Gasteiger partial charge in [-0.3, -0.25) is 14.4 Å². The normalized spacial score (nSPS) is 10.3. The van der Waals surface area contributed by atoms with E-state index in [9.17, 15) is 14.4 Å². The highest BCUT2D eigenvalue weighted by molar-refractivity contribution is 7.12. The first-order valence-corrected chi connectivity index (χ1v) is 6.80. The number of thiophene rings is 1. The lowest BCUT2D eigenvalue weighted by molar-refractivity contribution is -0.140. The van der Waals surface area contributed by atoms with Crippen LogP contribution in [-0.2, 0) is 9.59 Å². The van der Waals surface area contributed by atoms with E-state index in [1.54, 1.807) is 40.5 Å². The van der Waals surface area contributed by atoms with Gasteiger partial charge in [-0.05, 0) is 23.6 Å². The third-order valence-corrected chi connectivity index (χ3v) is 3.55. The molecule has 21 heavy (non-hydrogen) atoms. The Bertz CT molecular complexity index is 646. The molecule has 0 spiro atoms. The number of rotatable bonds is 6. The first-order valence-electron chi connectivity index (χ1n) is 5.92. The van der Waals surface area contributed by atoms with Crippen LogP contribution in [0.1, 0.15) is 9.67 Å². The zero-order valence-corrected chi connectivity index (χ0v) is 11.6. The number of hydrogen-bond donors (Lipinski definition) is 2. The molecule has 7 nitrogen and oxygen atoms in total. The Balaban J connectivity index is 2.31. The minimum Gasteiger partial charge on any atom is -0.480 e. The van der Waals surface area contributed by atoms with Gasteiger partial charge < -0.3 is 19.7 Å². The molecule has 2 heterocycles. The van der Waals surface area contributed by atoms with Gasteiger partial charge in [0.2, 0.25) is 0 Å². The van der Waals surface area contributed by atoms with E-state index >= 15 is 0 Å². The fourth-order valence-electron chi connectivity index (χ4n) is 1.83. The summed E-state index contributed by atoms with van der Waals surface area (Å²) in [6.45, 7) is -1.32. The molecule has 2 N–H and O–H groups in total. The van der Waals surface area contributed by atoms with Crippen LogP contribution in [0.25, 0.3) is 5.69 Å². The summed E-state index contributed by atoms with van der Waals surface area (Å²) in [4.78, 5) is 35.1. The molecule has 0 unspecified atom stereocenters. The zero-order chi connectivity index (χ0) is 15.4. The van der Waals surface area contributed by atoms with Gasteiger partial charge in [0.05, 0.1) is 5.69 Å². The predicted molar refractivity (Wildman–Crippen MR) is 74.8 cm³/mol. The number of aliphatic carboxylic acids is 2. The summed E-state index contributed by atoms with van der Waals surface area (Å²) in [5.41, 5.74) is 0.593. The minimum absolute atomic E-state index is 0.300. The molecular weight excluding hydrogens is 296 g/mol. The molecule has 0 atom stereocenters. The smallest absolute Gasteiger partial charge is 0.323 e. The van der Waals surface area contributed by atoms with E-state index in [4.69, 9.17) is 10.2 Å². The van der Waals surface area contributed by atoms with Crippen LogP contribution in [0.4, 0.5) is 0 Å². The second-order valence-electron chi connectivity index (χ2n) is 4.17. The van der Waals surface area contributed by atoms with Gasteiger partial charge in [0.15, 0.2) is 0 Å². The predicted octanol–water partition coefficient (Wildman–Crippen LogP) is 1.15. The van der Waals surface area contributed by atoms with Crippen molar-refractivity contribution < 1.29 is 24.6 Å². The summed E-state index contributed by atoms with van der Waals surface area (Å²) in [5.74, 6) is -3.13. The Morgan fingerprint density at radius 1 is 1.10 bits per heavy atom. The summed E-state index contributed by atoms with van der Waals surface area (Å²) in [7, 11) is 0. The maximum Gasteiger partial charge on any atom is 0.323 e. The van der Waals surface area contributed by atoms with Gasteiger partial charge in [-0.1, -0.05) is 0 Å². The quantitative estimate of drug-likeness (QED) is 0.834. The summed E-state index contributed by atoms with van der Waals surface area (Å²) in [5, 5.41) is 19.3. The third-order valence-electron chi connectivity index (χ3n) is 2.66. The van der Waals surface area contributed by atoms with Gasteiger partial charge in [0, 0.05) is 12.4 Å². The third kappa shape index (κ3) is 3.48. The highest BCUT2D eigenvalue weighted by Crippen LogP contribution is 2.23. The average molecular weight is 308 g/mol. The Hall–Kier alpha value is -2.61. The number of carboxylic acid groups (broad SMARTS) is 2. The fraction of sp³-hybridized carbons (Fsp3) is 0.154. The number of carbonyl (C=O) groups is 3. The van der Waals surface area contributed by atoms with Gasteiger partial charge in [-0.15, -0.1) is 11.3 Å². The van der Waals surface area contributed by atoms with Crippen LogP contribution in [0.5, 0.6) is 0 Å². The maximum atomic E-state index is 12.4. The summed E-state index contributed by atoms with van der Waals surface area (Å²) < 4.78 is 1.71. The SMILES string of the molecule is O=C(O)CN(CC(=O)O)C(=O)c1sccc1-n1cccc1. The second kappa shape index (κ2) is 6.23. The Kier molecular flexibility index (Phi) is 4.39. The molecule has 110 valence electrons. The van der Waals surface area contributed by atoms with Crippen molar-refractivity contribution in [2.75, 3.05) is 13.1 Å². The van der Waals surface area contributed by atoms with E-state index < -0.39 is 30.9 Å². The van der Waals surface area contributed by atoms with Crippen LogP contribution < -0.4 is 0 Å². The number of nitrogens with zero attached hydrogens (tertiary/aromatic N) is 2. The molecule has 0 aliphatic carbocycles. The molecule has 2 rings (SSSR count). The van der Waals surface area contributed by atoms with Crippen molar-refractivity contribution in [1.29, 1.82) is 0 Å². The van der Waals surface area contributed by atoms with Gasteiger partial charge in [-0.25, -0.2) is 0 Å². The number of carbonyl (C=O) groups excluding carboxylic acids is 1. The van der Waals surface area contributed by atoms with Crippen molar-refractivity contribution in [3.05, 3.63) is 40.8 Å². The average Bonchev–Trinajstić information content (AvgIpc) is 3.06. The van der Waals surface area contributed by atoms with E-state index in [0.29, 0.717) is 10.6 Å². The molecule has 0 aliphatic heterocycles. The van der Waals surface area contributed by atoms with Gasteiger partial charge in [0.25, 0.3) is 5.91 Å². The van der Waals surface area contributed by atoms with E-state index in [1.807, 2.05) is 0 Å². The molecule has 1 amide bonds. The van der Waals surface area contributed by atoms with Crippen molar-refractivity contribution in [3.63, 3.8) is 0 Å². The molecule has 2 aromatic rings. The fourth-order valence-corrected chi connectivity index (χ4v) is 2.69. The van der Waals surface area contributed by atoms with Crippen LogP contribution in [0.3, 0.4) is 0 Å². The molecule has 0 saturated carbocycles. The molecule has 0 aliphatic rings. The molecule has 2 aromatic heterocycles. The number of aromatic nitrogens is 1. The van der Waals surface area contributed by atoms with E-state index in [0.717, 1.165) is 16.2 Å². The van der Waals surface area contributed by atoms with E-state index in [2.05, 4.69) is 0 Å². The first kappa shape index (κ1) is 14.8. The van der Waals surface area contributed by atoms with E-state index in [1.165, 1.54) is 0 Å². The highest BCUT2D eigenvalue weighted by atomic mass is 32.1. The Labute approximate surface area is 123 Å². The lowest BCUT2D eigenvalue weighted by Crippen LogP contribution is -2.39. The Morgan fingerprint density at radius 2 is 1.67 bits per heavy atom. The number of amides is 1. The molecule has 0 fully saturated rings. The van der Waals surface area contributed by atoms with Gasteiger partial charge in [-0.2, -0.15) is 0 Å². The first-order chi connectivity index (χ1) is 9.99. The molecule has 0 bridgehead atoms. The molecular formula is C13H12N2O5S. The van der Waals surface area contributed by atoms with Crippen LogP contribution in [0.15, 0.2) is 36.0 Å². The monoisotopic (exact) mass is 308 g/mol. The molecule has 0 aromatic carbocycles. The molecule has 0 radical (unpaired) electrons. The summed E-state index contributed by atoms with van der Waals surface area (Å²) in [6.07, 6.45) is 3.50. The van der Waals surface area contributed by atoms with Crippen molar-refractivity contribution in [2.45, 2.75) is 0 Å². The second-order valence-corrected chi connectivity index (χ2v) is 5.09. The lowest BCUT2D eigenvalue weighted by Gasteiger charge is -2.18. The number of hydrogen-bond acceptors (Lipinski definition) is 4. The van der Waals surface area contributed by atoms with E-state index in [-0.39, 0.29) is 0 Å². The van der Waals surface area contributed by atoms with Crippen molar-refractivity contribution in [1.82, 2.24) is 9.47 Å². The maximum absolute atomic E-state index is 12.4. The van der Waals surface area contributed by atoms with Crippen molar-refractivity contribution >= 4 is 29.2 Å². The number of carboxylic acids is 2. The summed E-state index contributed by atoms with van der Waals surface area (Å²) >= 11 is 1.14. The van der Waals surface area contributed by atoms with Crippen molar-refractivity contribution in [2.24, 2.45) is 0 Å². The van der Waals surface area contributed by atoms with Gasteiger partial charge in [0.1, 0.15) is 18.0 Å². The van der Waals surface area contributed by atoms with Crippen LogP contribution in [0.2, 0.25) is 0 Å².